The normalized spacial score (nSPS) is 36.0. The van der Waals surface area contributed by atoms with E-state index < -0.39 is 0 Å². The lowest BCUT2D eigenvalue weighted by Crippen LogP contribution is -2.28. The molecule has 1 rings (SSSR count). The number of hydrogen-bond donors (Lipinski definition) is 0. The van der Waals surface area contributed by atoms with Gasteiger partial charge in [-0.3, -0.25) is 4.79 Å². The molecule has 68 valence electrons. The van der Waals surface area contributed by atoms with Gasteiger partial charge in [0, 0.05) is 11.8 Å². The minimum absolute atomic E-state index is 0.140. The van der Waals surface area contributed by atoms with E-state index in [0.29, 0.717) is 5.92 Å². The smallest absolute Gasteiger partial charge is 0.225 e. The van der Waals surface area contributed by atoms with E-state index in [1.807, 2.05) is 0 Å². The van der Waals surface area contributed by atoms with Crippen molar-refractivity contribution in [2.75, 3.05) is 0 Å². The molecule has 1 aliphatic carbocycles. The van der Waals surface area contributed by atoms with Gasteiger partial charge in [0.25, 0.3) is 0 Å². The molecular formula is C9H13ClO2. The summed E-state index contributed by atoms with van der Waals surface area (Å²) in [4.78, 5) is 21.5. The second-order valence-electron chi connectivity index (χ2n) is 3.63. The Morgan fingerprint density at radius 1 is 1.50 bits per heavy atom. The maximum absolute atomic E-state index is 10.9. The van der Waals surface area contributed by atoms with E-state index in [9.17, 15) is 9.59 Å². The molecule has 0 aromatic rings. The monoisotopic (exact) mass is 188 g/mol. The molecule has 3 unspecified atom stereocenters. The first-order valence-corrected chi connectivity index (χ1v) is 4.67. The zero-order valence-electron chi connectivity index (χ0n) is 7.13. The van der Waals surface area contributed by atoms with Crippen molar-refractivity contribution >= 4 is 23.1 Å². The van der Waals surface area contributed by atoms with Gasteiger partial charge in [-0.2, -0.15) is 0 Å². The molecule has 12 heavy (non-hydrogen) atoms. The molecule has 3 heteroatoms. The molecule has 0 radical (unpaired) electrons. The topological polar surface area (TPSA) is 34.1 Å². The predicted octanol–water partition coefficient (Wildman–Crippen LogP) is 2.00. The number of aldehydes is 1. The van der Waals surface area contributed by atoms with Gasteiger partial charge in [-0.1, -0.05) is 6.92 Å². The van der Waals surface area contributed by atoms with Crippen LogP contribution in [0.3, 0.4) is 0 Å². The van der Waals surface area contributed by atoms with Crippen molar-refractivity contribution in [2.24, 2.45) is 17.8 Å². The number of carbonyl (C=O) groups excluding carboxylic acids is 2. The third-order valence-electron chi connectivity index (χ3n) is 2.63. The van der Waals surface area contributed by atoms with E-state index in [0.717, 1.165) is 25.5 Å². The van der Waals surface area contributed by atoms with Gasteiger partial charge in [-0.05, 0) is 36.8 Å². The van der Waals surface area contributed by atoms with Crippen molar-refractivity contribution < 1.29 is 9.59 Å². The van der Waals surface area contributed by atoms with Gasteiger partial charge in [0.05, 0.1) is 0 Å². The van der Waals surface area contributed by atoms with Crippen molar-refractivity contribution in [3.63, 3.8) is 0 Å². The third kappa shape index (κ3) is 2.07. The fourth-order valence-corrected chi connectivity index (χ4v) is 2.13. The maximum atomic E-state index is 10.9. The van der Waals surface area contributed by atoms with Crippen LogP contribution in [-0.2, 0) is 9.59 Å². The number of hydrogen-bond acceptors (Lipinski definition) is 2. The summed E-state index contributed by atoms with van der Waals surface area (Å²) in [6.45, 7) is 2.10. The highest BCUT2D eigenvalue weighted by Crippen LogP contribution is 2.33. The van der Waals surface area contributed by atoms with E-state index in [2.05, 4.69) is 6.92 Å². The summed E-state index contributed by atoms with van der Waals surface area (Å²) in [5, 5.41) is -0.348. The summed E-state index contributed by atoms with van der Waals surface area (Å²) in [5.74, 6) is 0.187. The Labute approximate surface area is 77.3 Å². The Morgan fingerprint density at radius 3 is 2.67 bits per heavy atom. The lowest BCUT2D eigenvalue weighted by molar-refractivity contribution is -0.123. The Bertz CT molecular complexity index is 191. The largest absolute Gasteiger partial charge is 0.303 e. The summed E-state index contributed by atoms with van der Waals surface area (Å²) in [6, 6.07) is 0. The number of carbonyl (C=O) groups is 2. The first kappa shape index (κ1) is 9.72. The minimum atomic E-state index is -0.348. The molecule has 0 aromatic carbocycles. The van der Waals surface area contributed by atoms with E-state index >= 15 is 0 Å². The standard InChI is InChI=1S/C9H13ClO2/c1-6-2-3-8(9(10)12)7(4-6)5-11/h5-8H,2-4H2,1H3. The molecule has 3 atom stereocenters. The average molecular weight is 189 g/mol. The van der Waals surface area contributed by atoms with Gasteiger partial charge in [0.15, 0.2) is 0 Å². The van der Waals surface area contributed by atoms with Crippen molar-refractivity contribution in [1.82, 2.24) is 0 Å². The van der Waals surface area contributed by atoms with Gasteiger partial charge in [0.1, 0.15) is 6.29 Å². The van der Waals surface area contributed by atoms with E-state index in [1.54, 1.807) is 0 Å². The molecule has 1 fully saturated rings. The van der Waals surface area contributed by atoms with Crippen LogP contribution in [-0.4, -0.2) is 11.5 Å². The Hall–Kier alpha value is -0.370. The molecule has 1 aliphatic rings. The van der Waals surface area contributed by atoms with Crippen LogP contribution in [0, 0.1) is 17.8 Å². The molecule has 0 spiro atoms. The average Bonchev–Trinajstić information content (AvgIpc) is 2.03. The predicted molar refractivity (Wildman–Crippen MR) is 46.9 cm³/mol. The Morgan fingerprint density at radius 2 is 2.17 bits per heavy atom. The summed E-state index contributed by atoms with van der Waals surface area (Å²) < 4.78 is 0. The van der Waals surface area contributed by atoms with Crippen molar-refractivity contribution in [3.05, 3.63) is 0 Å². The van der Waals surface area contributed by atoms with Crippen LogP contribution in [0.5, 0.6) is 0 Å². The van der Waals surface area contributed by atoms with Gasteiger partial charge in [-0.25, -0.2) is 0 Å². The minimum Gasteiger partial charge on any atom is -0.303 e. The van der Waals surface area contributed by atoms with Gasteiger partial charge < -0.3 is 4.79 Å². The summed E-state index contributed by atoms with van der Waals surface area (Å²) in [6.07, 6.45) is 3.47. The van der Waals surface area contributed by atoms with Gasteiger partial charge in [-0.15, -0.1) is 0 Å². The number of halogens is 1. The van der Waals surface area contributed by atoms with Crippen LogP contribution < -0.4 is 0 Å². The lowest BCUT2D eigenvalue weighted by atomic mass is 9.76. The molecule has 0 aliphatic heterocycles. The van der Waals surface area contributed by atoms with Crippen LogP contribution in [0.4, 0.5) is 0 Å². The lowest BCUT2D eigenvalue weighted by Gasteiger charge is -2.28. The highest BCUT2D eigenvalue weighted by molar-refractivity contribution is 6.64. The summed E-state index contributed by atoms with van der Waals surface area (Å²) in [5.41, 5.74) is 0. The fourth-order valence-electron chi connectivity index (χ4n) is 1.86. The summed E-state index contributed by atoms with van der Waals surface area (Å²) >= 11 is 5.38. The number of rotatable bonds is 2. The van der Waals surface area contributed by atoms with Crippen LogP contribution >= 0.6 is 11.6 Å². The fraction of sp³-hybridized carbons (Fsp3) is 0.778. The molecule has 0 heterocycles. The van der Waals surface area contributed by atoms with Crippen molar-refractivity contribution in [2.45, 2.75) is 26.2 Å². The van der Waals surface area contributed by atoms with Gasteiger partial charge in [0.2, 0.25) is 5.24 Å². The SMILES string of the molecule is CC1CCC(C(=O)Cl)C(C=O)C1. The van der Waals surface area contributed by atoms with Crippen LogP contribution in [0.25, 0.3) is 0 Å². The maximum Gasteiger partial charge on any atom is 0.225 e. The molecule has 1 saturated carbocycles. The molecule has 0 amide bonds. The third-order valence-corrected chi connectivity index (χ3v) is 2.91. The van der Waals surface area contributed by atoms with E-state index in [-0.39, 0.29) is 17.1 Å². The molecule has 0 saturated heterocycles. The van der Waals surface area contributed by atoms with E-state index in [4.69, 9.17) is 11.6 Å². The Kier molecular flexibility index (Phi) is 3.27. The molecule has 2 nitrogen and oxygen atoms in total. The van der Waals surface area contributed by atoms with Crippen LogP contribution in [0.2, 0.25) is 0 Å². The van der Waals surface area contributed by atoms with Crippen LogP contribution in [0.15, 0.2) is 0 Å². The second kappa shape index (κ2) is 4.04. The van der Waals surface area contributed by atoms with Crippen molar-refractivity contribution in [1.29, 1.82) is 0 Å². The first-order chi connectivity index (χ1) is 5.65. The highest BCUT2D eigenvalue weighted by Gasteiger charge is 2.32. The quantitative estimate of drug-likeness (QED) is 0.491. The highest BCUT2D eigenvalue weighted by atomic mass is 35.5. The first-order valence-electron chi connectivity index (χ1n) is 4.29. The van der Waals surface area contributed by atoms with Crippen molar-refractivity contribution in [3.8, 4) is 0 Å². The van der Waals surface area contributed by atoms with Crippen LogP contribution in [0.1, 0.15) is 26.2 Å². The zero-order valence-corrected chi connectivity index (χ0v) is 7.88. The molecular weight excluding hydrogens is 176 g/mol. The molecule has 0 bridgehead atoms. The Balaban J connectivity index is 2.62. The molecule has 0 N–H and O–H groups in total. The van der Waals surface area contributed by atoms with Gasteiger partial charge >= 0.3 is 0 Å². The zero-order chi connectivity index (χ0) is 9.14. The molecule has 0 aromatic heterocycles. The second-order valence-corrected chi connectivity index (χ2v) is 4.00. The summed E-state index contributed by atoms with van der Waals surface area (Å²) in [7, 11) is 0. The van der Waals surface area contributed by atoms with E-state index in [1.165, 1.54) is 0 Å².